The van der Waals surface area contributed by atoms with Crippen LogP contribution >= 0.6 is 0 Å². The highest BCUT2D eigenvalue weighted by molar-refractivity contribution is 5.15. The third-order valence-electron chi connectivity index (χ3n) is 2.52. The molecule has 15 heteroatoms. The summed E-state index contributed by atoms with van der Waals surface area (Å²) in [5.41, 5.74) is 0. The standard InChI is InChI=1S/C9H5F13O.C3H6O/c10-4(11,2-1-3-23)5(12,13)6(14,15)7(16,17)8(18,19)9(20,21)22;1-2-3-4/h1-2,23H,3H2;2,4H,1,3H2. The van der Waals surface area contributed by atoms with E-state index < -0.39 is 48.5 Å². The van der Waals surface area contributed by atoms with Crippen molar-refractivity contribution in [3.63, 3.8) is 0 Å². The fourth-order valence-electron chi connectivity index (χ4n) is 1.09. The van der Waals surface area contributed by atoms with Gasteiger partial charge in [-0.25, -0.2) is 0 Å². The van der Waals surface area contributed by atoms with Crippen LogP contribution in [0, 0.1) is 0 Å². The SMILES string of the molecule is C=CCO.OCC=CC(F)(F)C(F)(F)C(F)(F)C(F)(F)C(F)(F)C(F)(F)F. The van der Waals surface area contributed by atoms with E-state index in [4.69, 9.17) is 10.2 Å². The lowest BCUT2D eigenvalue weighted by molar-refractivity contribution is -0.436. The Morgan fingerprint density at radius 1 is 0.593 bits per heavy atom. The lowest BCUT2D eigenvalue weighted by Gasteiger charge is -2.39. The van der Waals surface area contributed by atoms with Crippen molar-refractivity contribution in [3.8, 4) is 0 Å². The Balaban J connectivity index is 0. The number of aliphatic hydroxyl groups is 2. The fourth-order valence-corrected chi connectivity index (χ4v) is 1.09. The minimum atomic E-state index is -7.90. The largest absolute Gasteiger partial charge is 0.460 e. The molecule has 0 fully saturated rings. The molecule has 0 rings (SSSR count). The van der Waals surface area contributed by atoms with Gasteiger partial charge in [0.25, 0.3) is 0 Å². The van der Waals surface area contributed by atoms with Crippen molar-refractivity contribution < 1.29 is 67.3 Å². The molecule has 0 aliphatic rings. The predicted octanol–water partition coefficient (Wildman–Crippen LogP) is 4.44. The molecule has 0 aromatic rings. The summed E-state index contributed by atoms with van der Waals surface area (Å²) < 4.78 is 162. The van der Waals surface area contributed by atoms with Gasteiger partial charge in [-0.15, -0.1) is 6.58 Å². The predicted molar refractivity (Wildman–Crippen MR) is 64.3 cm³/mol. The molecule has 0 aromatic heterocycles. The van der Waals surface area contributed by atoms with E-state index in [1.807, 2.05) is 0 Å². The van der Waals surface area contributed by atoms with Gasteiger partial charge >= 0.3 is 35.8 Å². The van der Waals surface area contributed by atoms with Crippen molar-refractivity contribution in [2.24, 2.45) is 0 Å². The van der Waals surface area contributed by atoms with Gasteiger partial charge in [0.1, 0.15) is 0 Å². The van der Waals surface area contributed by atoms with Crippen molar-refractivity contribution in [1.82, 2.24) is 0 Å². The maximum absolute atomic E-state index is 12.9. The van der Waals surface area contributed by atoms with Gasteiger partial charge in [0.15, 0.2) is 0 Å². The highest BCUT2D eigenvalue weighted by Crippen LogP contribution is 2.60. The summed E-state index contributed by atoms with van der Waals surface area (Å²) in [6.07, 6.45) is -7.56. The van der Waals surface area contributed by atoms with Crippen LogP contribution < -0.4 is 0 Å². The van der Waals surface area contributed by atoms with Crippen LogP contribution in [0.4, 0.5) is 57.1 Å². The summed E-state index contributed by atoms with van der Waals surface area (Å²) >= 11 is 0. The van der Waals surface area contributed by atoms with Gasteiger partial charge in [-0.05, 0) is 6.08 Å². The van der Waals surface area contributed by atoms with Crippen LogP contribution in [0.15, 0.2) is 24.8 Å². The molecule has 0 aliphatic carbocycles. The lowest BCUT2D eigenvalue weighted by Crippen LogP contribution is -2.69. The van der Waals surface area contributed by atoms with Crippen molar-refractivity contribution in [1.29, 1.82) is 0 Å². The van der Waals surface area contributed by atoms with Crippen LogP contribution in [0.2, 0.25) is 0 Å². The normalized spacial score (nSPS) is 14.8. The van der Waals surface area contributed by atoms with E-state index in [1.54, 1.807) is 0 Å². The zero-order valence-electron chi connectivity index (χ0n) is 12.7. The van der Waals surface area contributed by atoms with E-state index in [1.165, 1.54) is 6.08 Å². The Morgan fingerprint density at radius 3 is 1.19 bits per heavy atom. The second kappa shape index (κ2) is 8.67. The molecule has 0 saturated carbocycles. The second-order valence-electron chi connectivity index (χ2n) is 4.47. The Morgan fingerprint density at radius 2 is 0.926 bits per heavy atom. The molecule has 0 saturated heterocycles. The molecule has 0 heterocycles. The van der Waals surface area contributed by atoms with E-state index in [0.29, 0.717) is 0 Å². The van der Waals surface area contributed by atoms with Gasteiger partial charge < -0.3 is 10.2 Å². The molecule has 0 atom stereocenters. The van der Waals surface area contributed by atoms with Gasteiger partial charge in [0.2, 0.25) is 0 Å². The van der Waals surface area contributed by atoms with E-state index in [-0.39, 0.29) is 12.7 Å². The average Bonchev–Trinajstić information content (AvgIpc) is 2.51. The third-order valence-corrected chi connectivity index (χ3v) is 2.52. The van der Waals surface area contributed by atoms with E-state index in [2.05, 4.69) is 6.58 Å². The van der Waals surface area contributed by atoms with Gasteiger partial charge in [0, 0.05) is 0 Å². The molecule has 0 unspecified atom stereocenters. The second-order valence-corrected chi connectivity index (χ2v) is 4.47. The Labute approximate surface area is 142 Å². The van der Waals surface area contributed by atoms with Crippen LogP contribution in [-0.4, -0.2) is 59.2 Å². The lowest BCUT2D eigenvalue weighted by atomic mass is 9.94. The fraction of sp³-hybridized carbons (Fsp3) is 0.667. The van der Waals surface area contributed by atoms with Crippen LogP contribution in [0.5, 0.6) is 0 Å². The van der Waals surface area contributed by atoms with Crippen LogP contribution in [0.1, 0.15) is 0 Å². The highest BCUT2D eigenvalue weighted by atomic mass is 19.4. The summed E-state index contributed by atoms with van der Waals surface area (Å²) in [5.74, 6) is -37.1. The quantitative estimate of drug-likeness (QED) is 0.460. The Bertz CT molecular complexity index is 508. The average molecular weight is 434 g/mol. The third kappa shape index (κ3) is 5.06. The summed E-state index contributed by atoms with van der Waals surface area (Å²) in [6.45, 7) is 1.85. The minimum absolute atomic E-state index is 0.0833. The Kier molecular flexibility index (Phi) is 8.89. The smallest absolute Gasteiger partial charge is 0.392 e. The highest BCUT2D eigenvalue weighted by Gasteiger charge is 2.90. The minimum Gasteiger partial charge on any atom is -0.392 e. The summed E-state index contributed by atoms with van der Waals surface area (Å²) in [4.78, 5) is 0. The van der Waals surface area contributed by atoms with Crippen LogP contribution in [0.25, 0.3) is 0 Å². The molecule has 0 aliphatic heterocycles. The molecule has 2 nitrogen and oxygen atoms in total. The molecular formula is C12H11F13O2. The van der Waals surface area contributed by atoms with Gasteiger partial charge in [-0.1, -0.05) is 12.2 Å². The molecule has 0 spiro atoms. The summed E-state index contributed by atoms with van der Waals surface area (Å²) in [6, 6.07) is 0. The first kappa shape index (κ1) is 27.7. The number of hydrogen-bond acceptors (Lipinski definition) is 2. The summed E-state index contributed by atoms with van der Waals surface area (Å²) in [5, 5.41) is 15.8. The number of allylic oxidation sites excluding steroid dienone is 1. The first-order valence-corrected chi connectivity index (χ1v) is 6.19. The van der Waals surface area contributed by atoms with Gasteiger partial charge in [-0.3, -0.25) is 0 Å². The molecule has 0 aromatic carbocycles. The molecular weight excluding hydrogens is 423 g/mol. The molecule has 27 heavy (non-hydrogen) atoms. The molecule has 0 radical (unpaired) electrons. The maximum atomic E-state index is 12.9. The van der Waals surface area contributed by atoms with Gasteiger partial charge in [-0.2, -0.15) is 57.1 Å². The first-order valence-electron chi connectivity index (χ1n) is 6.19. The number of alkyl halides is 13. The number of hydrogen-bond donors (Lipinski definition) is 2. The summed E-state index contributed by atoms with van der Waals surface area (Å²) in [7, 11) is 0. The van der Waals surface area contributed by atoms with Crippen molar-refractivity contribution >= 4 is 0 Å². The molecule has 0 amide bonds. The topological polar surface area (TPSA) is 40.5 Å². The molecule has 0 bridgehead atoms. The van der Waals surface area contributed by atoms with Gasteiger partial charge in [0.05, 0.1) is 13.2 Å². The van der Waals surface area contributed by atoms with E-state index >= 15 is 0 Å². The van der Waals surface area contributed by atoms with Crippen molar-refractivity contribution in [2.45, 2.75) is 35.8 Å². The monoisotopic (exact) mass is 434 g/mol. The number of rotatable bonds is 7. The number of aliphatic hydroxyl groups excluding tert-OH is 2. The Hall–Kier alpha value is -1.51. The van der Waals surface area contributed by atoms with E-state index in [9.17, 15) is 57.1 Å². The zero-order chi connectivity index (χ0) is 22.5. The zero-order valence-corrected chi connectivity index (χ0v) is 12.7. The van der Waals surface area contributed by atoms with Crippen LogP contribution in [-0.2, 0) is 0 Å². The van der Waals surface area contributed by atoms with Crippen molar-refractivity contribution in [3.05, 3.63) is 24.8 Å². The van der Waals surface area contributed by atoms with Crippen molar-refractivity contribution in [2.75, 3.05) is 13.2 Å². The molecule has 2 N–H and O–H groups in total. The van der Waals surface area contributed by atoms with Crippen LogP contribution in [0.3, 0.4) is 0 Å². The van der Waals surface area contributed by atoms with E-state index in [0.717, 1.165) is 0 Å². The first-order chi connectivity index (χ1) is 11.7. The number of halogens is 13. The maximum Gasteiger partial charge on any atom is 0.460 e. The molecule has 162 valence electrons.